The second kappa shape index (κ2) is 5.35. The highest BCUT2D eigenvalue weighted by molar-refractivity contribution is 7.09. The van der Waals surface area contributed by atoms with Crippen LogP contribution in [0.15, 0.2) is 5.38 Å². The summed E-state index contributed by atoms with van der Waals surface area (Å²) in [4.78, 5) is 4.47. The Morgan fingerprint density at radius 2 is 2.31 bits per heavy atom. The highest BCUT2D eigenvalue weighted by Crippen LogP contribution is 2.16. The fraction of sp³-hybridized carbons (Fsp3) is 0.700. The lowest BCUT2D eigenvalue weighted by Gasteiger charge is -2.07. The number of aryl methyl sites for hydroxylation is 1. The SMILES string of the molecule is CCc1csc(CC(CC)CO)n1. The molecule has 0 aromatic carbocycles. The van der Waals surface area contributed by atoms with Crippen LogP contribution in [-0.2, 0) is 12.8 Å². The first-order chi connectivity index (χ1) is 6.30. The standard InChI is InChI=1S/C10H17NOS/c1-3-8(6-12)5-10-11-9(4-2)7-13-10/h7-8,12H,3-6H2,1-2H3. The van der Waals surface area contributed by atoms with E-state index in [4.69, 9.17) is 5.11 Å². The van der Waals surface area contributed by atoms with E-state index in [2.05, 4.69) is 24.2 Å². The summed E-state index contributed by atoms with van der Waals surface area (Å²) >= 11 is 1.71. The van der Waals surface area contributed by atoms with Gasteiger partial charge in [-0.05, 0) is 12.3 Å². The number of aliphatic hydroxyl groups is 1. The Hall–Kier alpha value is -0.410. The largest absolute Gasteiger partial charge is 0.396 e. The molecule has 1 rings (SSSR count). The Kier molecular flexibility index (Phi) is 4.39. The van der Waals surface area contributed by atoms with Crippen molar-refractivity contribution in [1.82, 2.24) is 4.98 Å². The van der Waals surface area contributed by atoms with E-state index in [9.17, 15) is 0 Å². The summed E-state index contributed by atoms with van der Waals surface area (Å²) in [5.41, 5.74) is 1.17. The van der Waals surface area contributed by atoms with E-state index in [-0.39, 0.29) is 6.61 Å². The number of nitrogens with zero attached hydrogens (tertiary/aromatic N) is 1. The lowest BCUT2D eigenvalue weighted by atomic mass is 10.0. The molecule has 1 atom stereocenters. The number of aliphatic hydroxyl groups excluding tert-OH is 1. The van der Waals surface area contributed by atoms with E-state index in [1.54, 1.807) is 11.3 Å². The first kappa shape index (κ1) is 10.7. The molecule has 1 aromatic heterocycles. The minimum absolute atomic E-state index is 0.275. The fourth-order valence-electron chi connectivity index (χ4n) is 1.19. The zero-order valence-corrected chi connectivity index (χ0v) is 9.10. The molecule has 0 fully saturated rings. The number of hydrogen-bond donors (Lipinski definition) is 1. The monoisotopic (exact) mass is 199 g/mol. The van der Waals surface area contributed by atoms with Gasteiger partial charge < -0.3 is 5.11 Å². The molecule has 1 aromatic rings. The van der Waals surface area contributed by atoms with E-state index >= 15 is 0 Å². The minimum atomic E-state index is 0.275. The zero-order valence-electron chi connectivity index (χ0n) is 8.29. The first-order valence-corrected chi connectivity index (χ1v) is 5.72. The predicted molar refractivity (Wildman–Crippen MR) is 56.1 cm³/mol. The van der Waals surface area contributed by atoms with E-state index in [1.807, 2.05) is 0 Å². The van der Waals surface area contributed by atoms with E-state index in [0.29, 0.717) is 5.92 Å². The predicted octanol–water partition coefficient (Wildman–Crippen LogP) is 2.27. The van der Waals surface area contributed by atoms with E-state index in [0.717, 1.165) is 24.3 Å². The zero-order chi connectivity index (χ0) is 9.68. The van der Waals surface area contributed by atoms with Crippen LogP contribution in [0.2, 0.25) is 0 Å². The van der Waals surface area contributed by atoms with Crippen molar-refractivity contribution in [2.45, 2.75) is 33.1 Å². The van der Waals surface area contributed by atoms with Gasteiger partial charge in [0, 0.05) is 18.4 Å². The molecular weight excluding hydrogens is 182 g/mol. The van der Waals surface area contributed by atoms with Gasteiger partial charge in [-0.1, -0.05) is 20.3 Å². The van der Waals surface area contributed by atoms with Gasteiger partial charge >= 0.3 is 0 Å². The Balaban J connectivity index is 2.52. The van der Waals surface area contributed by atoms with Crippen molar-refractivity contribution in [3.63, 3.8) is 0 Å². The summed E-state index contributed by atoms with van der Waals surface area (Å²) in [7, 11) is 0. The Morgan fingerprint density at radius 1 is 1.54 bits per heavy atom. The molecule has 0 bridgehead atoms. The summed E-state index contributed by atoms with van der Waals surface area (Å²) in [5, 5.41) is 12.3. The third-order valence-corrected chi connectivity index (χ3v) is 3.18. The minimum Gasteiger partial charge on any atom is -0.396 e. The molecule has 1 N–H and O–H groups in total. The van der Waals surface area contributed by atoms with Crippen molar-refractivity contribution >= 4 is 11.3 Å². The third-order valence-electron chi connectivity index (χ3n) is 2.26. The average Bonchev–Trinajstić information content (AvgIpc) is 2.61. The van der Waals surface area contributed by atoms with Crippen LogP contribution in [0.5, 0.6) is 0 Å². The number of hydrogen-bond acceptors (Lipinski definition) is 3. The topological polar surface area (TPSA) is 33.1 Å². The number of aromatic nitrogens is 1. The van der Waals surface area contributed by atoms with Crippen LogP contribution < -0.4 is 0 Å². The van der Waals surface area contributed by atoms with Crippen molar-refractivity contribution < 1.29 is 5.11 Å². The van der Waals surface area contributed by atoms with Gasteiger partial charge in [-0.15, -0.1) is 11.3 Å². The average molecular weight is 199 g/mol. The summed E-state index contributed by atoms with van der Waals surface area (Å²) in [6.45, 7) is 4.49. The molecule has 13 heavy (non-hydrogen) atoms. The second-order valence-corrected chi connectivity index (χ2v) is 4.19. The van der Waals surface area contributed by atoms with Crippen LogP contribution in [0.25, 0.3) is 0 Å². The Labute approximate surface area is 83.6 Å². The number of thiazole rings is 1. The van der Waals surface area contributed by atoms with Crippen LogP contribution >= 0.6 is 11.3 Å². The maximum Gasteiger partial charge on any atom is 0.0931 e. The molecule has 1 unspecified atom stereocenters. The van der Waals surface area contributed by atoms with Gasteiger partial charge in [0.05, 0.1) is 10.7 Å². The van der Waals surface area contributed by atoms with Crippen molar-refractivity contribution in [2.24, 2.45) is 5.92 Å². The van der Waals surface area contributed by atoms with Gasteiger partial charge in [-0.2, -0.15) is 0 Å². The molecule has 1 heterocycles. The molecule has 0 spiro atoms. The van der Waals surface area contributed by atoms with Gasteiger partial charge in [-0.25, -0.2) is 4.98 Å². The Morgan fingerprint density at radius 3 is 2.77 bits per heavy atom. The first-order valence-electron chi connectivity index (χ1n) is 4.84. The van der Waals surface area contributed by atoms with Gasteiger partial charge in [0.2, 0.25) is 0 Å². The van der Waals surface area contributed by atoms with Crippen LogP contribution in [0, 0.1) is 5.92 Å². The van der Waals surface area contributed by atoms with Gasteiger partial charge in [0.1, 0.15) is 0 Å². The Bertz CT molecular complexity index is 243. The van der Waals surface area contributed by atoms with Crippen LogP contribution in [-0.4, -0.2) is 16.7 Å². The van der Waals surface area contributed by atoms with Crippen molar-refractivity contribution in [3.8, 4) is 0 Å². The number of rotatable bonds is 5. The van der Waals surface area contributed by atoms with Gasteiger partial charge in [-0.3, -0.25) is 0 Å². The smallest absolute Gasteiger partial charge is 0.0931 e. The van der Waals surface area contributed by atoms with Crippen molar-refractivity contribution in [1.29, 1.82) is 0 Å². The second-order valence-electron chi connectivity index (χ2n) is 3.25. The summed E-state index contributed by atoms with van der Waals surface area (Å²) in [6.07, 6.45) is 2.96. The normalized spacial score (nSPS) is 13.2. The summed E-state index contributed by atoms with van der Waals surface area (Å²) < 4.78 is 0. The lowest BCUT2D eigenvalue weighted by Crippen LogP contribution is -2.07. The molecule has 0 aliphatic carbocycles. The molecule has 0 saturated heterocycles. The van der Waals surface area contributed by atoms with Gasteiger partial charge in [0.25, 0.3) is 0 Å². The molecule has 0 aliphatic rings. The molecule has 2 nitrogen and oxygen atoms in total. The molecule has 0 aliphatic heterocycles. The summed E-state index contributed by atoms with van der Waals surface area (Å²) in [5.74, 6) is 0.385. The maximum absolute atomic E-state index is 9.03. The van der Waals surface area contributed by atoms with E-state index in [1.165, 1.54) is 5.69 Å². The van der Waals surface area contributed by atoms with Crippen LogP contribution in [0.3, 0.4) is 0 Å². The van der Waals surface area contributed by atoms with Gasteiger partial charge in [0.15, 0.2) is 0 Å². The molecule has 3 heteroatoms. The molecule has 0 saturated carbocycles. The quantitative estimate of drug-likeness (QED) is 0.789. The molecule has 0 amide bonds. The highest BCUT2D eigenvalue weighted by atomic mass is 32.1. The molecule has 74 valence electrons. The van der Waals surface area contributed by atoms with Crippen molar-refractivity contribution in [2.75, 3.05) is 6.61 Å². The lowest BCUT2D eigenvalue weighted by molar-refractivity contribution is 0.222. The maximum atomic E-state index is 9.03. The van der Waals surface area contributed by atoms with Crippen LogP contribution in [0.4, 0.5) is 0 Å². The molecule has 0 radical (unpaired) electrons. The fourth-order valence-corrected chi connectivity index (χ4v) is 2.18. The van der Waals surface area contributed by atoms with Crippen LogP contribution in [0.1, 0.15) is 31.0 Å². The third kappa shape index (κ3) is 3.08. The highest BCUT2D eigenvalue weighted by Gasteiger charge is 2.08. The van der Waals surface area contributed by atoms with E-state index < -0.39 is 0 Å². The molecular formula is C10H17NOS. The van der Waals surface area contributed by atoms with Crippen molar-refractivity contribution in [3.05, 3.63) is 16.1 Å². The summed E-state index contributed by atoms with van der Waals surface area (Å²) in [6, 6.07) is 0.